The van der Waals surface area contributed by atoms with Crippen molar-refractivity contribution in [2.45, 2.75) is 33.7 Å². The Balaban J connectivity index is 2.48. The lowest BCUT2D eigenvalue weighted by molar-refractivity contribution is 0.855. The van der Waals surface area contributed by atoms with E-state index in [0.29, 0.717) is 0 Å². The molecule has 0 fully saturated rings. The summed E-state index contributed by atoms with van der Waals surface area (Å²) in [7, 11) is 0. The zero-order valence-corrected chi connectivity index (χ0v) is 11.7. The molecule has 0 saturated carbocycles. The average molecular weight is 245 g/mol. The molecule has 0 saturated heterocycles. The third-order valence-corrected chi connectivity index (χ3v) is 4.33. The number of benzene rings is 1. The third-order valence-electron chi connectivity index (χ3n) is 3.45. The van der Waals surface area contributed by atoms with Crippen molar-refractivity contribution in [2.75, 3.05) is 0 Å². The Morgan fingerprint density at radius 3 is 2.06 bits per heavy atom. The number of rotatable bonds is 2. The Labute approximate surface area is 107 Å². The van der Waals surface area contributed by atoms with Crippen LogP contribution in [0.15, 0.2) is 22.9 Å². The highest BCUT2D eigenvalue weighted by Gasteiger charge is 2.15. The fourth-order valence-corrected chi connectivity index (χ4v) is 3.06. The van der Waals surface area contributed by atoms with E-state index >= 15 is 0 Å². The molecule has 1 nitrogen and oxygen atoms in total. The predicted molar refractivity (Wildman–Crippen MR) is 75.7 cm³/mol. The molecule has 0 spiro atoms. The summed E-state index contributed by atoms with van der Waals surface area (Å²) < 4.78 is 0. The first-order valence-electron chi connectivity index (χ1n) is 5.86. The summed E-state index contributed by atoms with van der Waals surface area (Å²) in [5, 5.41) is 4.32. The summed E-state index contributed by atoms with van der Waals surface area (Å²) >= 11 is 1.72. The number of hydrogen-bond donors (Lipinski definition) is 1. The van der Waals surface area contributed by atoms with Crippen LogP contribution >= 0.6 is 11.3 Å². The van der Waals surface area contributed by atoms with Crippen LogP contribution < -0.4 is 5.73 Å². The normalized spacial score (nSPS) is 12.8. The Bertz CT molecular complexity index is 540. The highest BCUT2D eigenvalue weighted by molar-refractivity contribution is 7.08. The molecular weight excluding hydrogens is 226 g/mol. The molecule has 2 rings (SSSR count). The molecule has 1 unspecified atom stereocenters. The Hall–Kier alpha value is -1.12. The van der Waals surface area contributed by atoms with Crippen molar-refractivity contribution in [1.29, 1.82) is 0 Å². The van der Waals surface area contributed by atoms with Gasteiger partial charge in [0.2, 0.25) is 0 Å². The van der Waals surface area contributed by atoms with E-state index in [1.165, 1.54) is 33.4 Å². The van der Waals surface area contributed by atoms with Gasteiger partial charge in [-0.3, -0.25) is 0 Å². The minimum Gasteiger partial charge on any atom is -0.320 e. The lowest BCUT2D eigenvalue weighted by Gasteiger charge is -2.17. The first-order chi connectivity index (χ1) is 8.00. The van der Waals surface area contributed by atoms with Crippen LogP contribution in [-0.2, 0) is 0 Å². The van der Waals surface area contributed by atoms with Crippen LogP contribution in [0.25, 0.3) is 0 Å². The van der Waals surface area contributed by atoms with Crippen molar-refractivity contribution < 1.29 is 0 Å². The monoisotopic (exact) mass is 245 g/mol. The van der Waals surface area contributed by atoms with Gasteiger partial charge in [0, 0.05) is 0 Å². The van der Waals surface area contributed by atoms with Gasteiger partial charge in [0.05, 0.1) is 6.04 Å². The quantitative estimate of drug-likeness (QED) is 0.849. The Morgan fingerprint density at radius 1 is 0.824 bits per heavy atom. The van der Waals surface area contributed by atoms with Crippen LogP contribution in [0.2, 0.25) is 0 Å². The number of thiophene rings is 1. The van der Waals surface area contributed by atoms with E-state index < -0.39 is 0 Å². The highest BCUT2D eigenvalue weighted by Crippen LogP contribution is 2.29. The van der Waals surface area contributed by atoms with Gasteiger partial charge >= 0.3 is 0 Å². The van der Waals surface area contributed by atoms with Gasteiger partial charge in [-0.25, -0.2) is 0 Å². The highest BCUT2D eigenvalue weighted by atomic mass is 32.1. The average Bonchev–Trinajstić information content (AvgIpc) is 2.69. The van der Waals surface area contributed by atoms with E-state index in [1.54, 1.807) is 11.3 Å². The first-order valence-corrected chi connectivity index (χ1v) is 6.81. The summed E-state index contributed by atoms with van der Waals surface area (Å²) in [6.07, 6.45) is 0. The number of nitrogens with two attached hydrogens (primary N) is 1. The lowest BCUT2D eigenvalue weighted by atomic mass is 9.92. The van der Waals surface area contributed by atoms with Gasteiger partial charge < -0.3 is 5.73 Å². The second-order valence-corrected chi connectivity index (χ2v) is 5.52. The van der Waals surface area contributed by atoms with Crippen molar-refractivity contribution in [3.05, 3.63) is 56.3 Å². The third kappa shape index (κ3) is 2.28. The van der Waals surface area contributed by atoms with Gasteiger partial charge in [0.1, 0.15) is 0 Å². The van der Waals surface area contributed by atoms with Gasteiger partial charge in [0.15, 0.2) is 0 Å². The minimum atomic E-state index is 0.000509. The summed E-state index contributed by atoms with van der Waals surface area (Å²) in [6.45, 7) is 8.56. The lowest BCUT2D eigenvalue weighted by Crippen LogP contribution is -2.14. The van der Waals surface area contributed by atoms with Crippen molar-refractivity contribution in [1.82, 2.24) is 0 Å². The molecule has 0 aliphatic rings. The molecule has 0 bridgehead atoms. The van der Waals surface area contributed by atoms with E-state index in [-0.39, 0.29) is 6.04 Å². The molecule has 1 heterocycles. The van der Waals surface area contributed by atoms with Crippen LogP contribution in [0.5, 0.6) is 0 Å². The molecule has 2 heteroatoms. The summed E-state index contributed by atoms with van der Waals surface area (Å²) in [4.78, 5) is 0. The smallest absolute Gasteiger partial charge is 0.0565 e. The van der Waals surface area contributed by atoms with Crippen LogP contribution in [0, 0.1) is 27.7 Å². The van der Waals surface area contributed by atoms with Gasteiger partial charge in [-0.1, -0.05) is 12.1 Å². The molecule has 1 atom stereocenters. The molecule has 0 radical (unpaired) electrons. The second kappa shape index (κ2) is 4.63. The second-order valence-electron chi connectivity index (χ2n) is 4.78. The van der Waals surface area contributed by atoms with Crippen molar-refractivity contribution in [3.8, 4) is 0 Å². The zero-order valence-electron chi connectivity index (χ0n) is 10.9. The van der Waals surface area contributed by atoms with Gasteiger partial charge in [0.25, 0.3) is 0 Å². The van der Waals surface area contributed by atoms with Crippen molar-refractivity contribution in [3.63, 3.8) is 0 Å². The van der Waals surface area contributed by atoms with Gasteiger partial charge in [-0.05, 0) is 71.8 Å². The molecule has 0 amide bonds. The minimum absolute atomic E-state index is 0.000509. The first kappa shape index (κ1) is 12.3. The van der Waals surface area contributed by atoms with E-state index in [4.69, 9.17) is 5.73 Å². The van der Waals surface area contributed by atoms with Crippen LogP contribution in [-0.4, -0.2) is 0 Å². The molecule has 90 valence electrons. The van der Waals surface area contributed by atoms with E-state index in [9.17, 15) is 0 Å². The number of hydrogen-bond acceptors (Lipinski definition) is 2. The maximum atomic E-state index is 6.39. The fourth-order valence-electron chi connectivity index (χ4n) is 2.17. The molecule has 17 heavy (non-hydrogen) atoms. The molecule has 0 aliphatic carbocycles. The molecule has 1 aromatic heterocycles. The summed E-state index contributed by atoms with van der Waals surface area (Å²) in [5.74, 6) is 0. The van der Waals surface area contributed by atoms with Crippen LogP contribution in [0.1, 0.15) is 39.4 Å². The molecule has 1 aromatic carbocycles. The number of aryl methyl sites for hydroxylation is 4. The molecule has 2 aromatic rings. The molecule has 0 aliphatic heterocycles. The SMILES string of the molecule is Cc1cc(C)c(C(N)c2cscc2C)cc1C. The predicted octanol–water partition coefficient (Wildman–Crippen LogP) is 4.03. The van der Waals surface area contributed by atoms with Gasteiger partial charge in [-0.15, -0.1) is 0 Å². The van der Waals surface area contributed by atoms with E-state index in [1.807, 2.05) is 0 Å². The van der Waals surface area contributed by atoms with Crippen LogP contribution in [0.3, 0.4) is 0 Å². The summed E-state index contributed by atoms with van der Waals surface area (Å²) in [6, 6.07) is 4.46. The zero-order chi connectivity index (χ0) is 12.6. The van der Waals surface area contributed by atoms with E-state index in [2.05, 4.69) is 50.6 Å². The Kier molecular flexibility index (Phi) is 3.36. The fraction of sp³-hybridized carbons (Fsp3) is 0.333. The van der Waals surface area contributed by atoms with Crippen molar-refractivity contribution in [2.24, 2.45) is 5.73 Å². The van der Waals surface area contributed by atoms with E-state index in [0.717, 1.165) is 0 Å². The maximum Gasteiger partial charge on any atom is 0.0565 e. The maximum absolute atomic E-state index is 6.39. The topological polar surface area (TPSA) is 26.0 Å². The summed E-state index contributed by atoms with van der Waals surface area (Å²) in [5.41, 5.74) is 14.1. The van der Waals surface area contributed by atoms with Crippen molar-refractivity contribution >= 4 is 11.3 Å². The van der Waals surface area contributed by atoms with Gasteiger partial charge in [-0.2, -0.15) is 11.3 Å². The molecule has 2 N–H and O–H groups in total. The van der Waals surface area contributed by atoms with Crippen LogP contribution in [0.4, 0.5) is 0 Å². The standard InChI is InChI=1S/C15H19NS/c1-9-5-11(3)13(6-10(9)2)15(16)14-8-17-7-12(14)4/h5-8,15H,16H2,1-4H3. The molecular formula is C15H19NS. The Morgan fingerprint density at radius 2 is 1.47 bits per heavy atom. The largest absolute Gasteiger partial charge is 0.320 e.